The number of hydrogen-bond acceptors (Lipinski definition) is 5. The lowest BCUT2D eigenvalue weighted by molar-refractivity contribution is -0.116. The number of carbonyl (C=O) groups is 2. The van der Waals surface area contributed by atoms with E-state index < -0.39 is 5.97 Å². The number of carbonyl (C=O) groups excluding carboxylic acids is 1. The fourth-order valence-electron chi connectivity index (χ4n) is 2.20. The Morgan fingerprint density at radius 3 is 2.54 bits per heavy atom. The molecule has 0 aliphatic heterocycles. The summed E-state index contributed by atoms with van der Waals surface area (Å²) in [6, 6.07) is 9.44. The number of hydrogen-bond donors (Lipinski definition) is 2. The average molecular weight is 358 g/mol. The highest BCUT2D eigenvalue weighted by Crippen LogP contribution is 2.24. The molecule has 7 heteroatoms. The molecule has 1 aromatic carbocycles. The zero-order valence-corrected chi connectivity index (χ0v) is 14.2. The number of amides is 1. The maximum Gasteiger partial charge on any atom is 0.338 e. The van der Waals surface area contributed by atoms with E-state index in [1.54, 1.807) is 22.9 Å². The third-order valence-corrected chi connectivity index (χ3v) is 5.07. The Kier molecular flexibility index (Phi) is 5.02. The summed E-state index contributed by atoms with van der Waals surface area (Å²) >= 11 is 2.79. The fraction of sp³-hybridized carbons (Fsp3) is 0.118. The van der Waals surface area contributed by atoms with Crippen LogP contribution in [0.2, 0.25) is 0 Å². The minimum atomic E-state index is -1.04. The number of aromatic nitrogens is 1. The van der Waals surface area contributed by atoms with Crippen molar-refractivity contribution in [2.45, 2.75) is 12.8 Å². The van der Waals surface area contributed by atoms with Gasteiger partial charge in [-0.1, -0.05) is 24.3 Å². The Bertz CT molecular complexity index is 839. The van der Waals surface area contributed by atoms with E-state index in [4.69, 9.17) is 5.11 Å². The zero-order chi connectivity index (χ0) is 16.9. The molecular formula is C17H14N2O3S2. The summed E-state index contributed by atoms with van der Waals surface area (Å²) in [6.07, 6.45) is 2.67. The standard InChI is InChI=1S/C17H14N2O3S2/c20-14(19-16-13(17(21)22)7-9-23-16)6-3-11-1-4-12(5-2-11)15-18-8-10-24-15/h1-2,4-5,7-10H,3,6H2,(H,19,20)(H,21,22). The summed E-state index contributed by atoms with van der Waals surface area (Å²) in [7, 11) is 0. The summed E-state index contributed by atoms with van der Waals surface area (Å²) in [5, 5.41) is 16.6. The molecule has 0 aliphatic rings. The molecule has 0 aliphatic carbocycles. The number of aromatic carboxylic acids is 1. The molecular weight excluding hydrogens is 344 g/mol. The van der Waals surface area contributed by atoms with Gasteiger partial charge in [-0.2, -0.15) is 0 Å². The molecule has 122 valence electrons. The van der Waals surface area contributed by atoms with Crippen LogP contribution >= 0.6 is 22.7 Å². The van der Waals surface area contributed by atoms with E-state index >= 15 is 0 Å². The molecule has 2 heterocycles. The van der Waals surface area contributed by atoms with Gasteiger partial charge in [0.05, 0.1) is 5.56 Å². The summed E-state index contributed by atoms with van der Waals surface area (Å²) in [5.74, 6) is -1.23. The summed E-state index contributed by atoms with van der Waals surface area (Å²) in [4.78, 5) is 27.3. The lowest BCUT2D eigenvalue weighted by Gasteiger charge is -2.05. The smallest absolute Gasteiger partial charge is 0.338 e. The van der Waals surface area contributed by atoms with Gasteiger partial charge in [0, 0.05) is 23.6 Å². The van der Waals surface area contributed by atoms with E-state index in [2.05, 4.69) is 10.3 Å². The molecule has 0 spiro atoms. The first-order valence-electron chi connectivity index (χ1n) is 7.23. The Labute approximate surface area is 146 Å². The highest BCUT2D eigenvalue weighted by molar-refractivity contribution is 7.14. The van der Waals surface area contributed by atoms with Crippen LogP contribution in [0.15, 0.2) is 47.3 Å². The summed E-state index contributed by atoms with van der Waals surface area (Å²) < 4.78 is 0. The van der Waals surface area contributed by atoms with Crippen LogP contribution in [-0.4, -0.2) is 22.0 Å². The number of aryl methyl sites for hydroxylation is 1. The second-order valence-electron chi connectivity index (χ2n) is 5.05. The van der Waals surface area contributed by atoms with Crippen molar-refractivity contribution in [3.8, 4) is 10.6 Å². The minimum Gasteiger partial charge on any atom is -0.478 e. The molecule has 2 aromatic heterocycles. The van der Waals surface area contributed by atoms with Gasteiger partial charge in [-0.3, -0.25) is 4.79 Å². The molecule has 0 unspecified atom stereocenters. The first-order valence-corrected chi connectivity index (χ1v) is 8.99. The first-order chi connectivity index (χ1) is 11.6. The largest absolute Gasteiger partial charge is 0.478 e. The first kappa shape index (κ1) is 16.4. The van der Waals surface area contributed by atoms with Gasteiger partial charge in [0.2, 0.25) is 5.91 Å². The van der Waals surface area contributed by atoms with Crippen LogP contribution in [-0.2, 0) is 11.2 Å². The number of carboxylic acids is 1. The average Bonchev–Trinajstić information content (AvgIpc) is 3.25. The van der Waals surface area contributed by atoms with Crippen molar-refractivity contribution in [1.29, 1.82) is 0 Å². The third kappa shape index (κ3) is 3.87. The number of rotatable bonds is 6. The highest BCUT2D eigenvalue weighted by atomic mass is 32.1. The van der Waals surface area contributed by atoms with Crippen LogP contribution < -0.4 is 5.32 Å². The molecule has 24 heavy (non-hydrogen) atoms. The van der Waals surface area contributed by atoms with E-state index in [0.29, 0.717) is 17.8 Å². The van der Waals surface area contributed by atoms with E-state index in [9.17, 15) is 9.59 Å². The second kappa shape index (κ2) is 7.37. The van der Waals surface area contributed by atoms with Crippen molar-refractivity contribution >= 4 is 39.6 Å². The molecule has 0 saturated heterocycles. The molecule has 0 fully saturated rings. The highest BCUT2D eigenvalue weighted by Gasteiger charge is 2.13. The number of anilines is 1. The van der Waals surface area contributed by atoms with E-state index in [-0.39, 0.29) is 11.5 Å². The van der Waals surface area contributed by atoms with Crippen LogP contribution in [0.25, 0.3) is 10.6 Å². The summed E-state index contributed by atoms with van der Waals surface area (Å²) in [6.45, 7) is 0. The topological polar surface area (TPSA) is 79.3 Å². The molecule has 3 rings (SSSR count). The number of nitrogens with one attached hydrogen (secondary N) is 1. The normalized spacial score (nSPS) is 10.5. The van der Waals surface area contributed by atoms with Gasteiger partial charge in [0.15, 0.2) is 0 Å². The van der Waals surface area contributed by atoms with Crippen LogP contribution in [0.1, 0.15) is 22.3 Å². The SMILES string of the molecule is O=C(CCc1ccc(-c2nccs2)cc1)Nc1sccc1C(=O)O. The predicted molar refractivity (Wildman–Crippen MR) is 95.8 cm³/mol. The Morgan fingerprint density at radius 2 is 1.88 bits per heavy atom. The van der Waals surface area contributed by atoms with Crippen LogP contribution in [0.3, 0.4) is 0 Å². The monoisotopic (exact) mass is 358 g/mol. The molecule has 1 amide bonds. The van der Waals surface area contributed by atoms with Crippen molar-refractivity contribution in [3.63, 3.8) is 0 Å². The number of carboxylic acid groups (broad SMARTS) is 1. The second-order valence-corrected chi connectivity index (χ2v) is 6.86. The zero-order valence-electron chi connectivity index (χ0n) is 12.6. The quantitative estimate of drug-likeness (QED) is 0.694. The van der Waals surface area contributed by atoms with Crippen molar-refractivity contribution < 1.29 is 14.7 Å². The van der Waals surface area contributed by atoms with E-state index in [1.165, 1.54) is 17.4 Å². The Morgan fingerprint density at radius 1 is 1.08 bits per heavy atom. The number of nitrogens with zero attached hydrogens (tertiary/aromatic N) is 1. The molecule has 0 bridgehead atoms. The maximum atomic E-state index is 12.0. The summed E-state index contributed by atoms with van der Waals surface area (Å²) in [5.41, 5.74) is 2.24. The number of benzene rings is 1. The van der Waals surface area contributed by atoms with Crippen molar-refractivity contribution in [2.24, 2.45) is 0 Å². The number of thiophene rings is 1. The van der Waals surface area contributed by atoms with E-state index in [0.717, 1.165) is 16.1 Å². The van der Waals surface area contributed by atoms with Gasteiger partial charge in [-0.25, -0.2) is 9.78 Å². The van der Waals surface area contributed by atoms with Gasteiger partial charge < -0.3 is 10.4 Å². The molecule has 0 radical (unpaired) electrons. The van der Waals surface area contributed by atoms with Crippen LogP contribution in [0.4, 0.5) is 5.00 Å². The van der Waals surface area contributed by atoms with Crippen molar-refractivity contribution in [1.82, 2.24) is 4.98 Å². The van der Waals surface area contributed by atoms with Crippen LogP contribution in [0, 0.1) is 0 Å². The Hall–Kier alpha value is -2.51. The maximum absolute atomic E-state index is 12.0. The Balaban J connectivity index is 1.56. The van der Waals surface area contributed by atoms with Gasteiger partial charge in [-0.15, -0.1) is 22.7 Å². The molecule has 5 nitrogen and oxygen atoms in total. The lowest BCUT2D eigenvalue weighted by atomic mass is 10.1. The number of thiazole rings is 1. The minimum absolute atomic E-state index is 0.126. The molecule has 0 atom stereocenters. The fourth-order valence-corrected chi connectivity index (χ4v) is 3.64. The molecule has 2 N–H and O–H groups in total. The molecule has 3 aromatic rings. The third-order valence-electron chi connectivity index (χ3n) is 3.42. The van der Waals surface area contributed by atoms with Crippen molar-refractivity contribution in [2.75, 3.05) is 5.32 Å². The van der Waals surface area contributed by atoms with Crippen molar-refractivity contribution in [3.05, 3.63) is 58.4 Å². The molecule has 0 saturated carbocycles. The lowest BCUT2D eigenvalue weighted by Crippen LogP contribution is -2.13. The van der Waals surface area contributed by atoms with Gasteiger partial charge in [-0.05, 0) is 23.4 Å². The van der Waals surface area contributed by atoms with Gasteiger partial charge >= 0.3 is 5.97 Å². The van der Waals surface area contributed by atoms with Gasteiger partial charge in [0.25, 0.3) is 0 Å². The predicted octanol–water partition coefficient (Wildman–Crippen LogP) is 4.14. The van der Waals surface area contributed by atoms with Gasteiger partial charge in [0.1, 0.15) is 10.0 Å². The van der Waals surface area contributed by atoms with Crippen LogP contribution in [0.5, 0.6) is 0 Å². The van der Waals surface area contributed by atoms with E-state index in [1.807, 2.05) is 29.6 Å².